The van der Waals surface area contributed by atoms with Gasteiger partial charge < -0.3 is 20.5 Å². The van der Waals surface area contributed by atoms with Crippen LogP contribution in [0, 0.1) is 0 Å². The number of nitrogens with zero attached hydrogens (tertiary/aromatic N) is 1. The van der Waals surface area contributed by atoms with E-state index in [1.807, 2.05) is 0 Å². The summed E-state index contributed by atoms with van der Waals surface area (Å²) in [7, 11) is 1.42. The average molecular weight is 266 g/mol. The minimum Gasteiger partial charge on any atom is -0.497 e. The minimum atomic E-state index is -1.60. The molecule has 19 heavy (non-hydrogen) atoms. The van der Waals surface area contributed by atoms with Gasteiger partial charge in [0.05, 0.1) is 18.4 Å². The first-order chi connectivity index (χ1) is 8.92. The summed E-state index contributed by atoms with van der Waals surface area (Å²) in [6.07, 6.45) is 0. The number of benzene rings is 1. The SMILES string of the molecule is CCN(C(=O)C(=O)O)c1ccc(OC)cc1C(N)=O. The Morgan fingerprint density at radius 3 is 2.42 bits per heavy atom. The Bertz CT molecular complexity index is 527. The van der Waals surface area contributed by atoms with Crippen molar-refractivity contribution >= 4 is 23.5 Å². The monoisotopic (exact) mass is 266 g/mol. The topological polar surface area (TPSA) is 110 Å². The fraction of sp³-hybridized carbons (Fsp3) is 0.250. The number of anilines is 1. The van der Waals surface area contributed by atoms with Gasteiger partial charge >= 0.3 is 11.9 Å². The first kappa shape index (κ1) is 14.5. The van der Waals surface area contributed by atoms with Crippen LogP contribution >= 0.6 is 0 Å². The molecule has 1 aromatic rings. The molecule has 2 amide bonds. The van der Waals surface area contributed by atoms with Gasteiger partial charge in [-0.3, -0.25) is 9.59 Å². The maximum absolute atomic E-state index is 11.5. The molecule has 0 saturated carbocycles. The zero-order valence-electron chi connectivity index (χ0n) is 10.5. The second-order valence-corrected chi connectivity index (χ2v) is 3.60. The van der Waals surface area contributed by atoms with Crippen LogP contribution in [0.2, 0.25) is 0 Å². The molecule has 1 aromatic carbocycles. The lowest BCUT2D eigenvalue weighted by Crippen LogP contribution is -2.37. The number of carbonyl (C=O) groups excluding carboxylic acids is 2. The zero-order valence-corrected chi connectivity index (χ0v) is 10.5. The van der Waals surface area contributed by atoms with Gasteiger partial charge in [0.15, 0.2) is 0 Å². The van der Waals surface area contributed by atoms with Gasteiger partial charge in [-0.2, -0.15) is 0 Å². The van der Waals surface area contributed by atoms with Crippen LogP contribution < -0.4 is 15.4 Å². The lowest BCUT2D eigenvalue weighted by molar-refractivity contribution is -0.148. The molecular weight excluding hydrogens is 252 g/mol. The predicted molar refractivity (Wildman–Crippen MR) is 67.2 cm³/mol. The Labute approximate surface area is 109 Å². The molecule has 0 radical (unpaired) electrons. The molecule has 0 atom stereocenters. The largest absolute Gasteiger partial charge is 0.497 e. The lowest BCUT2D eigenvalue weighted by atomic mass is 10.1. The van der Waals surface area contributed by atoms with Gasteiger partial charge in [-0.25, -0.2) is 4.79 Å². The standard InChI is InChI=1S/C12H14N2O5/c1-3-14(11(16)12(17)18)9-5-4-7(19-2)6-8(9)10(13)15/h4-6H,3H2,1-2H3,(H2,13,15)(H,17,18). The summed E-state index contributed by atoms with van der Waals surface area (Å²) in [4.78, 5) is 34.6. The van der Waals surface area contributed by atoms with Gasteiger partial charge in [-0.1, -0.05) is 0 Å². The average Bonchev–Trinajstić information content (AvgIpc) is 2.39. The molecule has 7 heteroatoms. The van der Waals surface area contributed by atoms with E-state index >= 15 is 0 Å². The van der Waals surface area contributed by atoms with E-state index in [0.717, 1.165) is 4.90 Å². The summed E-state index contributed by atoms with van der Waals surface area (Å²) >= 11 is 0. The Hall–Kier alpha value is -2.57. The van der Waals surface area contributed by atoms with Gasteiger partial charge in [0.25, 0.3) is 5.91 Å². The number of aliphatic carboxylic acids is 1. The van der Waals surface area contributed by atoms with Gasteiger partial charge in [-0.05, 0) is 25.1 Å². The van der Waals surface area contributed by atoms with E-state index in [2.05, 4.69) is 0 Å². The predicted octanol–water partition coefficient (Wildman–Crippen LogP) is 0.232. The van der Waals surface area contributed by atoms with Crippen LogP contribution in [0.4, 0.5) is 5.69 Å². The molecule has 0 aliphatic carbocycles. The highest BCUT2D eigenvalue weighted by Crippen LogP contribution is 2.25. The maximum atomic E-state index is 11.5. The molecule has 0 fully saturated rings. The molecule has 0 aromatic heterocycles. The molecule has 0 heterocycles. The van der Waals surface area contributed by atoms with E-state index in [-0.39, 0.29) is 17.8 Å². The van der Waals surface area contributed by atoms with Crippen molar-refractivity contribution in [3.05, 3.63) is 23.8 Å². The lowest BCUT2D eigenvalue weighted by Gasteiger charge is -2.21. The molecule has 0 unspecified atom stereocenters. The summed E-state index contributed by atoms with van der Waals surface area (Å²) in [5.41, 5.74) is 5.39. The summed E-state index contributed by atoms with van der Waals surface area (Å²) in [6, 6.07) is 4.29. The molecule has 3 N–H and O–H groups in total. The molecule has 0 aliphatic heterocycles. The van der Waals surface area contributed by atoms with Crippen molar-refractivity contribution in [3.8, 4) is 5.75 Å². The third kappa shape index (κ3) is 3.01. The molecule has 0 spiro atoms. The van der Waals surface area contributed by atoms with Crippen molar-refractivity contribution in [2.24, 2.45) is 5.73 Å². The second kappa shape index (κ2) is 5.85. The van der Waals surface area contributed by atoms with Gasteiger partial charge in [0, 0.05) is 6.54 Å². The van der Waals surface area contributed by atoms with Gasteiger partial charge in [0.1, 0.15) is 5.75 Å². The quantitative estimate of drug-likeness (QED) is 0.758. The van der Waals surface area contributed by atoms with Crippen molar-refractivity contribution in [1.82, 2.24) is 0 Å². The zero-order chi connectivity index (χ0) is 14.6. The maximum Gasteiger partial charge on any atom is 0.394 e. The van der Waals surface area contributed by atoms with Crippen molar-refractivity contribution in [2.75, 3.05) is 18.6 Å². The highest BCUT2D eigenvalue weighted by Gasteiger charge is 2.24. The number of rotatable bonds is 4. The van der Waals surface area contributed by atoms with Crippen LogP contribution in [0.1, 0.15) is 17.3 Å². The number of carboxylic acids is 1. The highest BCUT2D eigenvalue weighted by atomic mass is 16.5. The first-order valence-corrected chi connectivity index (χ1v) is 5.45. The number of methoxy groups -OCH3 is 1. The number of ether oxygens (including phenoxy) is 1. The summed E-state index contributed by atoms with van der Waals surface area (Å²) in [6.45, 7) is 1.69. The fourth-order valence-electron chi connectivity index (χ4n) is 1.61. The van der Waals surface area contributed by atoms with Crippen LogP contribution in [0.25, 0.3) is 0 Å². The smallest absolute Gasteiger partial charge is 0.394 e. The van der Waals surface area contributed by atoms with E-state index < -0.39 is 17.8 Å². The van der Waals surface area contributed by atoms with E-state index in [4.69, 9.17) is 15.6 Å². The van der Waals surface area contributed by atoms with Crippen LogP contribution in [0.3, 0.4) is 0 Å². The highest BCUT2D eigenvalue weighted by molar-refractivity contribution is 6.37. The molecular formula is C12H14N2O5. The Morgan fingerprint density at radius 2 is 2.00 bits per heavy atom. The number of hydrogen-bond donors (Lipinski definition) is 2. The molecule has 7 nitrogen and oxygen atoms in total. The Kier molecular flexibility index (Phi) is 4.46. The van der Waals surface area contributed by atoms with Crippen molar-refractivity contribution in [1.29, 1.82) is 0 Å². The summed E-state index contributed by atoms with van der Waals surface area (Å²) in [5.74, 6) is -3.12. The van der Waals surface area contributed by atoms with Gasteiger partial charge in [0.2, 0.25) is 0 Å². The number of carbonyl (C=O) groups is 3. The van der Waals surface area contributed by atoms with E-state index in [1.54, 1.807) is 6.92 Å². The van der Waals surface area contributed by atoms with Crippen molar-refractivity contribution in [3.63, 3.8) is 0 Å². The van der Waals surface area contributed by atoms with E-state index in [1.165, 1.54) is 25.3 Å². The van der Waals surface area contributed by atoms with Crippen molar-refractivity contribution in [2.45, 2.75) is 6.92 Å². The molecule has 102 valence electrons. The fourth-order valence-corrected chi connectivity index (χ4v) is 1.61. The minimum absolute atomic E-state index is 0.0239. The Morgan fingerprint density at radius 1 is 1.37 bits per heavy atom. The third-order valence-corrected chi connectivity index (χ3v) is 2.50. The number of likely N-dealkylation sites (N-methyl/N-ethyl adjacent to an activating group) is 1. The van der Waals surface area contributed by atoms with Crippen LogP contribution in [-0.2, 0) is 9.59 Å². The van der Waals surface area contributed by atoms with E-state index in [9.17, 15) is 14.4 Å². The summed E-state index contributed by atoms with van der Waals surface area (Å²) < 4.78 is 4.95. The number of carboxylic acid groups (broad SMARTS) is 1. The third-order valence-electron chi connectivity index (χ3n) is 2.50. The molecule has 0 aliphatic rings. The number of amides is 2. The summed E-state index contributed by atoms with van der Waals surface area (Å²) in [5, 5.41) is 8.74. The molecule has 0 bridgehead atoms. The number of nitrogens with two attached hydrogens (primary N) is 1. The Balaban J connectivity index is 3.35. The number of primary amides is 1. The number of hydrogen-bond acceptors (Lipinski definition) is 4. The first-order valence-electron chi connectivity index (χ1n) is 5.45. The van der Waals surface area contributed by atoms with Gasteiger partial charge in [-0.15, -0.1) is 0 Å². The van der Waals surface area contributed by atoms with Crippen molar-refractivity contribution < 1.29 is 24.2 Å². The van der Waals surface area contributed by atoms with E-state index in [0.29, 0.717) is 5.75 Å². The second-order valence-electron chi connectivity index (χ2n) is 3.60. The molecule has 1 rings (SSSR count). The molecule has 0 saturated heterocycles. The normalized spacial score (nSPS) is 9.79. The van der Waals surface area contributed by atoms with Crippen LogP contribution in [0.15, 0.2) is 18.2 Å². The van der Waals surface area contributed by atoms with Crippen LogP contribution in [-0.4, -0.2) is 36.5 Å². The van der Waals surface area contributed by atoms with Crippen LogP contribution in [0.5, 0.6) is 5.75 Å².